The Kier molecular flexibility index (Phi) is 5.69. The van der Waals surface area contributed by atoms with Crippen molar-refractivity contribution >= 4 is 16.9 Å². The van der Waals surface area contributed by atoms with Crippen molar-refractivity contribution in [1.29, 1.82) is 0 Å². The van der Waals surface area contributed by atoms with Crippen molar-refractivity contribution in [3.63, 3.8) is 0 Å². The summed E-state index contributed by atoms with van der Waals surface area (Å²) in [6.45, 7) is 6.85. The van der Waals surface area contributed by atoms with E-state index in [9.17, 15) is 4.79 Å². The van der Waals surface area contributed by atoms with Gasteiger partial charge in [0, 0.05) is 44.8 Å². The first-order valence-electron chi connectivity index (χ1n) is 11.2. The number of hydrogen-bond donors (Lipinski definition) is 0. The summed E-state index contributed by atoms with van der Waals surface area (Å²) in [5.41, 5.74) is 4.56. The van der Waals surface area contributed by atoms with Crippen molar-refractivity contribution in [2.24, 2.45) is 0 Å². The first-order valence-corrected chi connectivity index (χ1v) is 11.2. The molecule has 2 aromatic carbocycles. The second-order valence-electron chi connectivity index (χ2n) is 8.17. The Bertz CT molecular complexity index is 1210. The van der Waals surface area contributed by atoms with Gasteiger partial charge in [-0.15, -0.1) is 0 Å². The van der Waals surface area contributed by atoms with Crippen LogP contribution in [-0.4, -0.2) is 56.7 Å². The maximum Gasteiger partial charge on any atom is 0.254 e. The zero-order chi connectivity index (χ0) is 21.9. The largest absolute Gasteiger partial charge is 0.336 e. The van der Waals surface area contributed by atoms with E-state index in [-0.39, 0.29) is 5.91 Å². The number of amides is 1. The summed E-state index contributed by atoms with van der Waals surface area (Å²) < 4.78 is 1.86. The Labute approximate surface area is 188 Å². The second-order valence-corrected chi connectivity index (χ2v) is 8.17. The van der Waals surface area contributed by atoms with Gasteiger partial charge in [-0.1, -0.05) is 60.7 Å². The number of piperazine rings is 1. The van der Waals surface area contributed by atoms with Crippen LogP contribution in [0.5, 0.6) is 0 Å². The highest BCUT2D eigenvalue weighted by Gasteiger charge is 2.25. The molecule has 162 valence electrons. The fraction of sp³-hybridized carbons (Fsp3) is 0.269. The van der Waals surface area contributed by atoms with Gasteiger partial charge < -0.3 is 4.90 Å². The molecule has 1 aliphatic rings. The maximum atomic E-state index is 13.6. The number of aryl methyl sites for hydroxylation is 1. The number of pyridine rings is 1. The van der Waals surface area contributed by atoms with Crippen LogP contribution in [0.1, 0.15) is 22.8 Å². The number of carbonyl (C=O) groups excluding carboxylic acids is 1. The van der Waals surface area contributed by atoms with Gasteiger partial charge in [-0.3, -0.25) is 9.69 Å². The molecule has 1 saturated heterocycles. The molecule has 4 aromatic rings. The molecule has 32 heavy (non-hydrogen) atoms. The number of benzene rings is 2. The van der Waals surface area contributed by atoms with E-state index >= 15 is 0 Å². The predicted octanol–water partition coefficient (Wildman–Crippen LogP) is 4.08. The van der Waals surface area contributed by atoms with Crippen LogP contribution < -0.4 is 0 Å². The first-order chi connectivity index (χ1) is 15.7. The molecule has 0 saturated carbocycles. The summed E-state index contributed by atoms with van der Waals surface area (Å²) >= 11 is 0. The van der Waals surface area contributed by atoms with E-state index in [4.69, 9.17) is 4.98 Å². The van der Waals surface area contributed by atoms with E-state index in [1.807, 2.05) is 59.0 Å². The Morgan fingerprint density at radius 3 is 2.31 bits per heavy atom. The lowest BCUT2D eigenvalue weighted by atomic mass is 10.1. The van der Waals surface area contributed by atoms with Crippen LogP contribution in [0.4, 0.5) is 0 Å². The molecule has 1 fully saturated rings. The van der Waals surface area contributed by atoms with Gasteiger partial charge in [0.15, 0.2) is 5.65 Å². The molecule has 1 aliphatic heterocycles. The Balaban J connectivity index is 1.40. The fourth-order valence-electron chi connectivity index (χ4n) is 4.33. The summed E-state index contributed by atoms with van der Waals surface area (Å²) in [4.78, 5) is 22.8. The van der Waals surface area contributed by atoms with Crippen molar-refractivity contribution < 1.29 is 4.79 Å². The van der Waals surface area contributed by atoms with Crippen LogP contribution >= 0.6 is 0 Å². The zero-order valence-corrected chi connectivity index (χ0v) is 18.3. The quantitative estimate of drug-likeness (QED) is 0.484. The number of rotatable bonds is 5. The Morgan fingerprint density at radius 2 is 1.62 bits per heavy atom. The van der Waals surface area contributed by atoms with E-state index in [2.05, 4.69) is 34.3 Å². The van der Waals surface area contributed by atoms with E-state index in [1.165, 1.54) is 5.56 Å². The van der Waals surface area contributed by atoms with E-state index < -0.39 is 0 Å². The average Bonchev–Trinajstić information content (AvgIpc) is 3.28. The van der Waals surface area contributed by atoms with Crippen molar-refractivity contribution in [2.75, 3.05) is 26.2 Å². The van der Waals surface area contributed by atoms with Gasteiger partial charge >= 0.3 is 0 Å². The highest BCUT2D eigenvalue weighted by molar-refractivity contribution is 6.06. The molecule has 0 N–H and O–H groups in total. The molecular weight excluding hydrogens is 398 g/mol. The molecule has 3 heterocycles. The van der Waals surface area contributed by atoms with Crippen LogP contribution in [0.25, 0.3) is 22.3 Å². The van der Waals surface area contributed by atoms with Gasteiger partial charge in [0.25, 0.3) is 5.91 Å². The minimum Gasteiger partial charge on any atom is -0.336 e. The van der Waals surface area contributed by atoms with E-state index in [0.29, 0.717) is 12.1 Å². The topological polar surface area (TPSA) is 54.3 Å². The maximum absolute atomic E-state index is 13.6. The van der Waals surface area contributed by atoms with Crippen LogP contribution in [-0.2, 0) is 13.1 Å². The molecule has 0 bridgehead atoms. The third-order valence-electron chi connectivity index (χ3n) is 6.12. The molecule has 1 amide bonds. The van der Waals surface area contributed by atoms with Gasteiger partial charge in [0.1, 0.15) is 0 Å². The third kappa shape index (κ3) is 4.01. The lowest BCUT2D eigenvalue weighted by molar-refractivity contribution is 0.0630. The fourth-order valence-corrected chi connectivity index (χ4v) is 4.33. The highest BCUT2D eigenvalue weighted by atomic mass is 16.2. The summed E-state index contributed by atoms with van der Waals surface area (Å²) in [5.74, 6) is 0.0598. The van der Waals surface area contributed by atoms with Crippen molar-refractivity contribution in [3.8, 4) is 11.3 Å². The molecule has 2 aromatic heterocycles. The van der Waals surface area contributed by atoms with Crippen LogP contribution in [0, 0.1) is 0 Å². The first kappa shape index (κ1) is 20.4. The van der Waals surface area contributed by atoms with Crippen LogP contribution in [0.15, 0.2) is 72.9 Å². The Morgan fingerprint density at radius 1 is 0.938 bits per heavy atom. The predicted molar refractivity (Wildman–Crippen MR) is 126 cm³/mol. The van der Waals surface area contributed by atoms with Gasteiger partial charge in [-0.25, -0.2) is 9.67 Å². The average molecular weight is 426 g/mol. The van der Waals surface area contributed by atoms with Crippen LogP contribution in [0.2, 0.25) is 0 Å². The van der Waals surface area contributed by atoms with Gasteiger partial charge in [-0.2, -0.15) is 5.10 Å². The second kappa shape index (κ2) is 8.93. The SMILES string of the molecule is CCn1ncc2c(C(=O)N3CCN(Cc4ccccc4)CC3)cc(-c3ccccc3)nc21. The molecule has 0 spiro atoms. The lowest BCUT2D eigenvalue weighted by Crippen LogP contribution is -2.48. The van der Waals surface area contributed by atoms with Crippen molar-refractivity contribution in [2.45, 2.75) is 20.0 Å². The van der Waals surface area contributed by atoms with E-state index in [0.717, 1.165) is 55.0 Å². The summed E-state index contributed by atoms with van der Waals surface area (Å²) in [6.07, 6.45) is 1.78. The van der Waals surface area contributed by atoms with Crippen molar-refractivity contribution in [1.82, 2.24) is 24.6 Å². The number of aromatic nitrogens is 3. The zero-order valence-electron chi connectivity index (χ0n) is 18.3. The number of carbonyl (C=O) groups is 1. The van der Waals surface area contributed by atoms with E-state index in [1.54, 1.807) is 6.20 Å². The number of hydrogen-bond acceptors (Lipinski definition) is 4. The normalized spacial score (nSPS) is 14.7. The number of fused-ring (bicyclic) bond motifs is 1. The molecule has 0 unspecified atom stereocenters. The molecule has 6 heteroatoms. The minimum atomic E-state index is 0.0598. The van der Waals surface area contributed by atoms with Crippen molar-refractivity contribution in [3.05, 3.63) is 84.1 Å². The summed E-state index contributed by atoms with van der Waals surface area (Å²) in [7, 11) is 0. The monoisotopic (exact) mass is 425 g/mol. The summed E-state index contributed by atoms with van der Waals surface area (Å²) in [6, 6.07) is 22.4. The highest BCUT2D eigenvalue weighted by Crippen LogP contribution is 2.26. The molecule has 0 radical (unpaired) electrons. The van der Waals surface area contributed by atoms with Gasteiger partial charge in [-0.05, 0) is 18.6 Å². The smallest absolute Gasteiger partial charge is 0.254 e. The molecule has 5 rings (SSSR count). The molecule has 6 nitrogen and oxygen atoms in total. The number of nitrogens with zero attached hydrogens (tertiary/aromatic N) is 5. The molecule has 0 aliphatic carbocycles. The molecule has 0 atom stereocenters. The van der Waals surface area contributed by atoms with Crippen LogP contribution in [0.3, 0.4) is 0 Å². The lowest BCUT2D eigenvalue weighted by Gasteiger charge is -2.35. The standard InChI is InChI=1S/C26H27N5O/c1-2-31-25-23(18-27-31)22(17-24(28-25)21-11-7-4-8-12-21)26(32)30-15-13-29(14-16-30)19-20-9-5-3-6-10-20/h3-12,17-18H,2,13-16,19H2,1H3. The molecular formula is C26H27N5O. The minimum absolute atomic E-state index is 0.0598. The van der Waals surface area contributed by atoms with Gasteiger partial charge in [0.05, 0.1) is 22.8 Å². The Hall–Kier alpha value is -3.51. The van der Waals surface area contributed by atoms with Gasteiger partial charge in [0.2, 0.25) is 0 Å². The summed E-state index contributed by atoms with van der Waals surface area (Å²) in [5, 5.41) is 5.29. The third-order valence-corrected chi connectivity index (χ3v) is 6.12.